The standard InChI is InChI=1S/C20H25ClN2O3S2/c1-3-19(23(28(2,25)26)17-10-5-4-6-11-17)20(24)22-13-14-27-15-16-9-7-8-12-18(16)21/h4-12,19H,3,13-15H2,1-2H3,(H,22,24). The lowest BCUT2D eigenvalue weighted by molar-refractivity contribution is -0.122. The number of nitrogens with zero attached hydrogens (tertiary/aromatic N) is 1. The van der Waals surface area contributed by atoms with E-state index >= 15 is 0 Å². The Morgan fingerprint density at radius 2 is 1.79 bits per heavy atom. The van der Waals surface area contributed by atoms with Gasteiger partial charge in [0.1, 0.15) is 6.04 Å². The number of carbonyl (C=O) groups excluding carboxylic acids is 1. The molecule has 0 aliphatic heterocycles. The molecule has 0 aliphatic rings. The van der Waals surface area contributed by atoms with Crippen LogP contribution < -0.4 is 9.62 Å². The van der Waals surface area contributed by atoms with Crippen LogP contribution in [-0.4, -0.2) is 38.9 Å². The first kappa shape index (κ1) is 22.6. The van der Waals surface area contributed by atoms with Gasteiger partial charge in [-0.15, -0.1) is 0 Å². The topological polar surface area (TPSA) is 66.5 Å². The number of anilines is 1. The predicted molar refractivity (Wildman–Crippen MR) is 118 cm³/mol. The highest BCUT2D eigenvalue weighted by Crippen LogP contribution is 2.22. The molecule has 1 atom stereocenters. The van der Waals surface area contributed by atoms with Gasteiger partial charge in [0, 0.05) is 23.1 Å². The molecule has 0 saturated heterocycles. The van der Waals surface area contributed by atoms with Crippen LogP contribution in [0.5, 0.6) is 0 Å². The van der Waals surface area contributed by atoms with Gasteiger partial charge < -0.3 is 5.32 Å². The van der Waals surface area contributed by atoms with E-state index in [1.165, 1.54) is 4.31 Å². The molecule has 0 bridgehead atoms. The minimum atomic E-state index is -3.60. The molecule has 0 spiro atoms. The van der Waals surface area contributed by atoms with Gasteiger partial charge in [0.25, 0.3) is 0 Å². The number of hydrogen-bond donors (Lipinski definition) is 1. The van der Waals surface area contributed by atoms with Gasteiger partial charge in [-0.2, -0.15) is 11.8 Å². The molecule has 0 saturated carbocycles. The minimum absolute atomic E-state index is 0.296. The van der Waals surface area contributed by atoms with E-state index in [-0.39, 0.29) is 5.91 Å². The van der Waals surface area contributed by atoms with Crippen molar-refractivity contribution in [3.8, 4) is 0 Å². The highest BCUT2D eigenvalue weighted by Gasteiger charge is 2.31. The van der Waals surface area contributed by atoms with Crippen molar-refractivity contribution in [2.45, 2.75) is 25.1 Å². The Morgan fingerprint density at radius 3 is 2.39 bits per heavy atom. The van der Waals surface area contributed by atoms with E-state index in [0.29, 0.717) is 24.4 Å². The lowest BCUT2D eigenvalue weighted by Crippen LogP contribution is -2.49. The SMILES string of the molecule is CCC(C(=O)NCCSCc1ccccc1Cl)N(c1ccccc1)S(C)(=O)=O. The number of rotatable bonds is 10. The third-order valence-corrected chi connectivity index (χ3v) is 6.66. The van der Waals surface area contributed by atoms with E-state index in [1.807, 2.05) is 24.3 Å². The molecular weight excluding hydrogens is 416 g/mol. The van der Waals surface area contributed by atoms with Crippen LogP contribution in [0.25, 0.3) is 0 Å². The average Bonchev–Trinajstić information content (AvgIpc) is 2.66. The molecule has 8 heteroatoms. The second kappa shape index (κ2) is 10.7. The zero-order valence-electron chi connectivity index (χ0n) is 16.0. The van der Waals surface area contributed by atoms with Crippen molar-refractivity contribution in [3.63, 3.8) is 0 Å². The fourth-order valence-electron chi connectivity index (χ4n) is 2.80. The number of nitrogens with one attached hydrogen (secondary N) is 1. The molecule has 1 N–H and O–H groups in total. The van der Waals surface area contributed by atoms with E-state index < -0.39 is 16.1 Å². The Morgan fingerprint density at radius 1 is 1.14 bits per heavy atom. The summed E-state index contributed by atoms with van der Waals surface area (Å²) < 4.78 is 25.9. The number of hydrogen-bond acceptors (Lipinski definition) is 4. The third kappa shape index (κ3) is 6.43. The Bertz CT molecular complexity index is 876. The first-order chi connectivity index (χ1) is 13.3. The number of amides is 1. The molecule has 1 unspecified atom stereocenters. The predicted octanol–water partition coefficient (Wildman–Crippen LogP) is 3.93. The minimum Gasteiger partial charge on any atom is -0.353 e. The van der Waals surface area contributed by atoms with E-state index in [9.17, 15) is 13.2 Å². The summed E-state index contributed by atoms with van der Waals surface area (Å²) in [4.78, 5) is 12.7. The van der Waals surface area contributed by atoms with E-state index in [0.717, 1.165) is 22.6 Å². The van der Waals surface area contributed by atoms with Gasteiger partial charge in [-0.05, 0) is 30.2 Å². The first-order valence-corrected chi connectivity index (χ1v) is 12.4. The fourth-order valence-corrected chi connectivity index (χ4v) is 5.15. The van der Waals surface area contributed by atoms with Crippen LogP contribution in [0.15, 0.2) is 54.6 Å². The molecule has 0 fully saturated rings. The summed E-state index contributed by atoms with van der Waals surface area (Å²) in [5.41, 5.74) is 1.54. The van der Waals surface area contributed by atoms with Crippen molar-refractivity contribution < 1.29 is 13.2 Å². The zero-order chi connectivity index (χ0) is 20.6. The summed E-state index contributed by atoms with van der Waals surface area (Å²) in [6, 6.07) is 15.6. The number of benzene rings is 2. The van der Waals surface area contributed by atoms with Crippen molar-refractivity contribution in [1.29, 1.82) is 0 Å². The molecule has 28 heavy (non-hydrogen) atoms. The molecule has 2 aromatic rings. The zero-order valence-corrected chi connectivity index (χ0v) is 18.4. The summed E-state index contributed by atoms with van der Waals surface area (Å²) in [5, 5.41) is 3.59. The van der Waals surface area contributed by atoms with E-state index in [4.69, 9.17) is 11.6 Å². The Balaban J connectivity index is 1.94. The molecule has 2 aromatic carbocycles. The Labute approximate surface area is 176 Å². The van der Waals surface area contributed by atoms with Crippen LogP contribution in [-0.2, 0) is 20.6 Å². The summed E-state index contributed by atoms with van der Waals surface area (Å²) in [6.07, 6.45) is 1.50. The van der Waals surface area contributed by atoms with Crippen molar-refractivity contribution in [1.82, 2.24) is 5.32 Å². The first-order valence-electron chi connectivity index (χ1n) is 8.98. The van der Waals surface area contributed by atoms with Gasteiger partial charge in [-0.1, -0.05) is 54.9 Å². The normalized spacial score (nSPS) is 12.4. The summed E-state index contributed by atoms with van der Waals surface area (Å²) in [5.74, 6) is 1.17. The van der Waals surface area contributed by atoms with Crippen LogP contribution in [0.3, 0.4) is 0 Å². The molecule has 0 aliphatic carbocycles. The highest BCUT2D eigenvalue weighted by molar-refractivity contribution is 7.98. The lowest BCUT2D eigenvalue weighted by Gasteiger charge is -2.30. The van der Waals surface area contributed by atoms with Crippen molar-refractivity contribution in [2.24, 2.45) is 0 Å². The van der Waals surface area contributed by atoms with Crippen LogP contribution in [0.1, 0.15) is 18.9 Å². The van der Waals surface area contributed by atoms with Crippen LogP contribution >= 0.6 is 23.4 Å². The Kier molecular flexibility index (Phi) is 8.66. The second-order valence-electron chi connectivity index (χ2n) is 6.25. The maximum atomic E-state index is 12.7. The summed E-state index contributed by atoms with van der Waals surface area (Å²) in [6.45, 7) is 2.26. The van der Waals surface area contributed by atoms with Crippen LogP contribution in [0.4, 0.5) is 5.69 Å². The quantitative estimate of drug-likeness (QED) is 0.568. The number of carbonyl (C=O) groups is 1. The second-order valence-corrected chi connectivity index (χ2v) is 9.63. The van der Waals surface area contributed by atoms with Crippen LogP contribution in [0, 0.1) is 0 Å². The molecule has 0 heterocycles. The molecule has 5 nitrogen and oxygen atoms in total. The smallest absolute Gasteiger partial charge is 0.243 e. The van der Waals surface area contributed by atoms with E-state index in [1.54, 1.807) is 49.0 Å². The van der Waals surface area contributed by atoms with Gasteiger partial charge >= 0.3 is 0 Å². The molecule has 1 amide bonds. The Hall–Kier alpha value is -1.70. The number of para-hydroxylation sites is 1. The van der Waals surface area contributed by atoms with Crippen molar-refractivity contribution in [2.75, 3.05) is 22.9 Å². The summed E-state index contributed by atoms with van der Waals surface area (Å²) in [7, 11) is -3.60. The van der Waals surface area contributed by atoms with Crippen molar-refractivity contribution >= 4 is 45.0 Å². The van der Waals surface area contributed by atoms with E-state index in [2.05, 4.69) is 5.32 Å². The molecule has 0 radical (unpaired) electrons. The average molecular weight is 441 g/mol. The number of sulfonamides is 1. The monoisotopic (exact) mass is 440 g/mol. The summed E-state index contributed by atoms with van der Waals surface area (Å²) >= 11 is 7.80. The number of halogens is 1. The van der Waals surface area contributed by atoms with Crippen LogP contribution in [0.2, 0.25) is 5.02 Å². The maximum Gasteiger partial charge on any atom is 0.243 e. The third-order valence-electron chi connectivity index (χ3n) is 4.10. The molecule has 0 aromatic heterocycles. The van der Waals surface area contributed by atoms with Gasteiger partial charge in [0.15, 0.2) is 0 Å². The maximum absolute atomic E-state index is 12.7. The van der Waals surface area contributed by atoms with Crippen molar-refractivity contribution in [3.05, 3.63) is 65.2 Å². The molecule has 2 rings (SSSR count). The molecule has 152 valence electrons. The molecular formula is C20H25ClN2O3S2. The largest absolute Gasteiger partial charge is 0.353 e. The van der Waals surface area contributed by atoms with Gasteiger partial charge in [-0.25, -0.2) is 8.42 Å². The fraction of sp³-hybridized carbons (Fsp3) is 0.350. The number of thioether (sulfide) groups is 1. The lowest BCUT2D eigenvalue weighted by atomic mass is 10.2. The van der Waals surface area contributed by atoms with Gasteiger partial charge in [-0.3, -0.25) is 9.10 Å². The van der Waals surface area contributed by atoms with Gasteiger partial charge in [0.2, 0.25) is 15.9 Å². The van der Waals surface area contributed by atoms with Gasteiger partial charge in [0.05, 0.1) is 11.9 Å². The highest BCUT2D eigenvalue weighted by atomic mass is 35.5.